The summed E-state index contributed by atoms with van der Waals surface area (Å²) < 4.78 is 32.0. The number of rotatable bonds is 6. The Kier molecular flexibility index (Phi) is 5.37. The van der Waals surface area contributed by atoms with Gasteiger partial charge < -0.3 is 9.84 Å². The van der Waals surface area contributed by atoms with Crippen LogP contribution in [0, 0.1) is 12.8 Å². The van der Waals surface area contributed by atoms with Crippen LogP contribution in [0.5, 0.6) is 0 Å². The lowest BCUT2D eigenvalue weighted by molar-refractivity contribution is -0.142. The van der Waals surface area contributed by atoms with Crippen molar-refractivity contribution >= 4 is 27.3 Å². The molecule has 1 aliphatic heterocycles. The molecule has 0 aromatic carbocycles. The molecule has 0 radical (unpaired) electrons. The van der Waals surface area contributed by atoms with Gasteiger partial charge in [-0.25, -0.2) is 13.2 Å². The van der Waals surface area contributed by atoms with Crippen LogP contribution in [-0.4, -0.2) is 50.1 Å². The molecule has 2 heterocycles. The zero-order valence-electron chi connectivity index (χ0n) is 11.8. The third kappa shape index (κ3) is 4.03. The van der Waals surface area contributed by atoms with E-state index in [0.717, 1.165) is 5.56 Å². The molecule has 0 aliphatic carbocycles. The molecule has 6 nitrogen and oxygen atoms in total. The van der Waals surface area contributed by atoms with Gasteiger partial charge in [-0.2, -0.15) is 4.31 Å². The maximum absolute atomic E-state index is 12.5. The van der Waals surface area contributed by atoms with E-state index in [-0.39, 0.29) is 12.5 Å². The number of hydrogen-bond donors (Lipinski definition) is 1. The minimum atomic E-state index is -3.39. The van der Waals surface area contributed by atoms with Crippen molar-refractivity contribution in [3.63, 3.8) is 0 Å². The molecule has 1 aliphatic rings. The zero-order valence-corrected chi connectivity index (χ0v) is 13.5. The Morgan fingerprint density at radius 1 is 1.48 bits per heavy atom. The molecule has 21 heavy (non-hydrogen) atoms. The number of aliphatic carboxylic acids is 1. The molecule has 0 unspecified atom stereocenters. The van der Waals surface area contributed by atoms with Crippen LogP contribution in [0.25, 0.3) is 0 Å². The number of ether oxygens (including phenoxy) is 1. The fourth-order valence-corrected chi connectivity index (χ4v) is 5.39. The quantitative estimate of drug-likeness (QED) is 0.854. The van der Waals surface area contributed by atoms with Gasteiger partial charge in [0.2, 0.25) is 0 Å². The monoisotopic (exact) mass is 333 g/mol. The highest BCUT2D eigenvalue weighted by atomic mass is 32.2. The molecule has 1 aromatic rings. The Hall–Kier alpha value is -0.960. The summed E-state index contributed by atoms with van der Waals surface area (Å²) in [6.45, 7) is 2.79. The predicted molar refractivity (Wildman–Crippen MR) is 79.0 cm³/mol. The number of sulfonamides is 1. The van der Waals surface area contributed by atoms with E-state index >= 15 is 0 Å². The smallest absolute Gasteiger partial charge is 0.329 e. The van der Waals surface area contributed by atoms with Gasteiger partial charge in [-0.15, -0.1) is 11.3 Å². The SMILES string of the molecule is Cc1ccsc1S(=O)(=O)N1CCC(COCC(=O)O)CC1. The van der Waals surface area contributed by atoms with Gasteiger partial charge in [0.15, 0.2) is 0 Å². The van der Waals surface area contributed by atoms with Gasteiger partial charge in [-0.1, -0.05) is 0 Å². The summed E-state index contributed by atoms with van der Waals surface area (Å²) in [5, 5.41) is 10.3. The molecule has 1 N–H and O–H groups in total. The predicted octanol–water partition coefficient (Wildman–Crippen LogP) is 1.56. The van der Waals surface area contributed by atoms with E-state index in [2.05, 4.69) is 0 Å². The molecule has 2 rings (SSSR count). The van der Waals surface area contributed by atoms with Crippen molar-refractivity contribution in [2.75, 3.05) is 26.3 Å². The van der Waals surface area contributed by atoms with Crippen molar-refractivity contribution < 1.29 is 23.1 Å². The Morgan fingerprint density at radius 3 is 2.67 bits per heavy atom. The average molecular weight is 333 g/mol. The van der Waals surface area contributed by atoms with Crippen molar-refractivity contribution in [1.29, 1.82) is 0 Å². The highest BCUT2D eigenvalue weighted by Gasteiger charge is 2.31. The molecule has 0 amide bonds. The Morgan fingerprint density at radius 2 is 2.14 bits per heavy atom. The first-order chi connectivity index (χ1) is 9.91. The Labute approximate surface area is 128 Å². The largest absolute Gasteiger partial charge is 0.480 e. The molecule has 1 aromatic heterocycles. The van der Waals surface area contributed by atoms with Crippen LogP contribution < -0.4 is 0 Å². The molecule has 0 atom stereocenters. The first-order valence-corrected chi connectivity index (χ1v) is 9.07. The summed E-state index contributed by atoms with van der Waals surface area (Å²) in [5.74, 6) is -0.761. The summed E-state index contributed by atoms with van der Waals surface area (Å²) in [5.41, 5.74) is 0.784. The second-order valence-electron chi connectivity index (χ2n) is 5.15. The first kappa shape index (κ1) is 16.4. The number of hydrogen-bond acceptors (Lipinski definition) is 5. The Balaban J connectivity index is 1.89. The molecule has 0 bridgehead atoms. The van der Waals surface area contributed by atoms with Crippen LogP contribution in [-0.2, 0) is 19.6 Å². The van der Waals surface area contributed by atoms with Crippen LogP contribution in [0.15, 0.2) is 15.7 Å². The second kappa shape index (κ2) is 6.87. The van der Waals surface area contributed by atoms with Gasteiger partial charge in [0.25, 0.3) is 10.0 Å². The maximum atomic E-state index is 12.5. The van der Waals surface area contributed by atoms with Crippen molar-refractivity contribution in [2.45, 2.75) is 24.0 Å². The topological polar surface area (TPSA) is 83.9 Å². The van der Waals surface area contributed by atoms with Gasteiger partial charge in [0.1, 0.15) is 10.8 Å². The lowest BCUT2D eigenvalue weighted by atomic mass is 9.99. The van der Waals surface area contributed by atoms with Gasteiger partial charge in [-0.05, 0) is 42.7 Å². The Bertz CT molecular complexity index is 587. The normalized spacial score (nSPS) is 18.0. The zero-order chi connectivity index (χ0) is 15.5. The summed E-state index contributed by atoms with van der Waals surface area (Å²) in [6.07, 6.45) is 1.40. The van der Waals surface area contributed by atoms with Crippen LogP contribution in [0.1, 0.15) is 18.4 Å². The summed E-state index contributed by atoms with van der Waals surface area (Å²) in [4.78, 5) is 10.4. The molecule has 8 heteroatoms. The lowest BCUT2D eigenvalue weighted by Crippen LogP contribution is -2.39. The first-order valence-electron chi connectivity index (χ1n) is 6.75. The highest BCUT2D eigenvalue weighted by molar-refractivity contribution is 7.91. The number of nitrogens with zero attached hydrogens (tertiary/aromatic N) is 1. The molecular weight excluding hydrogens is 314 g/mol. The molecule has 1 fully saturated rings. The molecule has 0 spiro atoms. The third-order valence-electron chi connectivity index (χ3n) is 3.54. The van der Waals surface area contributed by atoms with Gasteiger partial charge in [-0.3, -0.25) is 0 Å². The van der Waals surface area contributed by atoms with Crippen LogP contribution in [0.3, 0.4) is 0 Å². The molecule has 0 saturated carbocycles. The summed E-state index contributed by atoms with van der Waals surface area (Å²) in [7, 11) is -3.39. The number of aryl methyl sites for hydroxylation is 1. The summed E-state index contributed by atoms with van der Waals surface area (Å²) >= 11 is 1.25. The van der Waals surface area contributed by atoms with E-state index in [4.69, 9.17) is 9.84 Å². The molecular formula is C13H19NO5S2. The van der Waals surface area contributed by atoms with Gasteiger partial charge in [0, 0.05) is 13.1 Å². The number of carboxylic acids is 1. The van der Waals surface area contributed by atoms with Crippen LogP contribution in [0.4, 0.5) is 0 Å². The highest BCUT2D eigenvalue weighted by Crippen LogP contribution is 2.29. The van der Waals surface area contributed by atoms with E-state index in [0.29, 0.717) is 36.7 Å². The average Bonchev–Trinajstić information content (AvgIpc) is 2.86. The minimum absolute atomic E-state index is 0.222. The van der Waals surface area contributed by atoms with Crippen LogP contribution >= 0.6 is 11.3 Å². The van der Waals surface area contributed by atoms with Crippen molar-refractivity contribution in [3.05, 3.63) is 17.0 Å². The third-order valence-corrected chi connectivity index (χ3v) is 7.11. The number of thiophene rings is 1. The van der Waals surface area contributed by atoms with E-state index in [1.54, 1.807) is 12.3 Å². The van der Waals surface area contributed by atoms with Crippen molar-refractivity contribution in [1.82, 2.24) is 4.31 Å². The van der Waals surface area contributed by atoms with Crippen LogP contribution in [0.2, 0.25) is 0 Å². The molecule has 118 valence electrons. The van der Waals surface area contributed by atoms with E-state index < -0.39 is 16.0 Å². The van der Waals surface area contributed by atoms with E-state index in [1.807, 2.05) is 6.07 Å². The lowest BCUT2D eigenvalue weighted by Gasteiger charge is -2.30. The fourth-order valence-electron chi connectivity index (χ4n) is 2.37. The maximum Gasteiger partial charge on any atom is 0.329 e. The fraction of sp³-hybridized carbons (Fsp3) is 0.615. The van der Waals surface area contributed by atoms with Crippen molar-refractivity contribution in [2.24, 2.45) is 5.92 Å². The van der Waals surface area contributed by atoms with Gasteiger partial charge in [0.05, 0.1) is 6.61 Å². The summed E-state index contributed by atoms with van der Waals surface area (Å²) in [6, 6.07) is 1.81. The minimum Gasteiger partial charge on any atom is -0.480 e. The molecule has 1 saturated heterocycles. The van der Waals surface area contributed by atoms with E-state index in [1.165, 1.54) is 15.6 Å². The standard InChI is InChI=1S/C13H19NO5S2/c1-10-4-7-20-13(10)21(17,18)14-5-2-11(3-6-14)8-19-9-12(15)16/h4,7,11H,2-3,5-6,8-9H2,1H3,(H,15,16). The van der Waals surface area contributed by atoms with E-state index in [9.17, 15) is 13.2 Å². The second-order valence-corrected chi connectivity index (χ2v) is 8.20. The number of piperidine rings is 1. The number of carbonyl (C=O) groups is 1. The van der Waals surface area contributed by atoms with Crippen molar-refractivity contribution in [3.8, 4) is 0 Å². The number of carboxylic acid groups (broad SMARTS) is 1. The van der Waals surface area contributed by atoms with Gasteiger partial charge >= 0.3 is 5.97 Å².